The van der Waals surface area contributed by atoms with Crippen molar-refractivity contribution < 1.29 is 22.4 Å². The van der Waals surface area contributed by atoms with Crippen LogP contribution in [0, 0.1) is 5.82 Å². The van der Waals surface area contributed by atoms with Crippen LogP contribution >= 0.6 is 11.6 Å². The van der Waals surface area contributed by atoms with Gasteiger partial charge in [0.2, 0.25) is 21.8 Å². The molecule has 7 nitrogen and oxygen atoms in total. The highest BCUT2D eigenvalue weighted by molar-refractivity contribution is 7.92. The van der Waals surface area contributed by atoms with E-state index in [1.54, 1.807) is 6.92 Å². The Kier molecular flexibility index (Phi) is 9.03. The minimum Gasteiger partial charge on any atom is -0.354 e. The zero-order valence-electron chi connectivity index (χ0n) is 18.2. The summed E-state index contributed by atoms with van der Waals surface area (Å²) in [6.45, 7) is 3.50. The first-order valence-corrected chi connectivity index (χ1v) is 12.3. The van der Waals surface area contributed by atoms with Crippen LogP contribution in [0.2, 0.25) is 5.02 Å². The van der Waals surface area contributed by atoms with Gasteiger partial charge in [-0.25, -0.2) is 12.8 Å². The van der Waals surface area contributed by atoms with Gasteiger partial charge < -0.3 is 10.2 Å². The van der Waals surface area contributed by atoms with Crippen molar-refractivity contribution >= 4 is 39.1 Å². The monoisotopic (exact) mass is 483 g/mol. The Bertz CT molecular complexity index is 1050. The van der Waals surface area contributed by atoms with Gasteiger partial charge in [-0.15, -0.1) is 0 Å². The minimum atomic E-state index is -3.90. The van der Waals surface area contributed by atoms with Crippen LogP contribution < -0.4 is 9.62 Å². The molecule has 1 atom stereocenters. The molecule has 0 fully saturated rings. The Hall–Kier alpha value is -2.65. The second-order valence-electron chi connectivity index (χ2n) is 7.34. The third-order valence-electron chi connectivity index (χ3n) is 4.78. The van der Waals surface area contributed by atoms with Gasteiger partial charge in [-0.2, -0.15) is 0 Å². The maximum absolute atomic E-state index is 13.6. The number of halogens is 2. The van der Waals surface area contributed by atoms with E-state index in [0.29, 0.717) is 6.54 Å². The van der Waals surface area contributed by atoms with E-state index in [4.69, 9.17) is 11.6 Å². The summed E-state index contributed by atoms with van der Waals surface area (Å²) in [7, 11) is -3.90. The molecular weight excluding hydrogens is 457 g/mol. The number of benzene rings is 2. The quantitative estimate of drug-likeness (QED) is 0.562. The lowest BCUT2D eigenvalue weighted by Gasteiger charge is -2.31. The fourth-order valence-corrected chi connectivity index (χ4v) is 4.03. The molecule has 1 N–H and O–H groups in total. The van der Waals surface area contributed by atoms with E-state index in [1.165, 1.54) is 11.0 Å². The van der Waals surface area contributed by atoms with E-state index < -0.39 is 34.3 Å². The standard InChI is InChI=1S/C22H27ClFN3O4S/c1-4-12-25-22(29)16(2)26(14-17-8-6-5-7-9-17)21(28)15-27(32(3,30)31)18-10-11-20(24)19(23)13-18/h5-11,13,16H,4,12,14-15H2,1-3H3,(H,25,29)/t16-/m1/s1. The molecule has 0 aliphatic carbocycles. The Balaban J connectivity index is 2.36. The van der Waals surface area contributed by atoms with E-state index >= 15 is 0 Å². The van der Waals surface area contributed by atoms with Crippen molar-refractivity contribution in [2.45, 2.75) is 32.9 Å². The van der Waals surface area contributed by atoms with E-state index in [0.717, 1.165) is 34.7 Å². The van der Waals surface area contributed by atoms with Crippen molar-refractivity contribution in [2.75, 3.05) is 23.7 Å². The summed E-state index contributed by atoms with van der Waals surface area (Å²) in [5, 5.41) is 2.49. The van der Waals surface area contributed by atoms with E-state index in [1.807, 2.05) is 37.3 Å². The maximum Gasteiger partial charge on any atom is 0.244 e. The van der Waals surface area contributed by atoms with E-state index in [9.17, 15) is 22.4 Å². The van der Waals surface area contributed by atoms with Crippen LogP contribution in [0.25, 0.3) is 0 Å². The molecule has 0 unspecified atom stereocenters. The van der Waals surface area contributed by atoms with Crippen LogP contribution in [0.4, 0.5) is 10.1 Å². The highest BCUT2D eigenvalue weighted by Gasteiger charge is 2.30. The van der Waals surface area contributed by atoms with Crippen LogP contribution in [0.1, 0.15) is 25.8 Å². The molecule has 32 heavy (non-hydrogen) atoms. The summed E-state index contributed by atoms with van der Waals surface area (Å²) in [5.74, 6) is -1.63. The number of nitrogens with one attached hydrogen (secondary N) is 1. The second-order valence-corrected chi connectivity index (χ2v) is 9.66. The van der Waals surface area contributed by atoms with E-state index in [-0.39, 0.29) is 23.2 Å². The third-order valence-corrected chi connectivity index (χ3v) is 6.21. The zero-order valence-corrected chi connectivity index (χ0v) is 19.8. The molecule has 0 saturated heterocycles. The number of carbonyl (C=O) groups is 2. The topological polar surface area (TPSA) is 86.8 Å². The van der Waals surface area contributed by atoms with Crippen LogP contribution in [-0.4, -0.2) is 50.5 Å². The van der Waals surface area contributed by atoms with Crippen molar-refractivity contribution in [2.24, 2.45) is 0 Å². The predicted molar refractivity (Wildman–Crippen MR) is 123 cm³/mol. The van der Waals surface area contributed by atoms with Crippen molar-refractivity contribution in [1.82, 2.24) is 10.2 Å². The summed E-state index contributed by atoms with van der Waals surface area (Å²) >= 11 is 5.81. The molecule has 10 heteroatoms. The summed E-state index contributed by atoms with van der Waals surface area (Å²) in [6, 6.07) is 11.6. The molecule has 0 saturated carbocycles. The molecule has 0 aliphatic heterocycles. The van der Waals surface area contributed by atoms with Crippen LogP contribution in [0.15, 0.2) is 48.5 Å². The maximum atomic E-state index is 13.6. The predicted octanol–water partition coefficient (Wildman–Crippen LogP) is 3.19. The first kappa shape index (κ1) is 25.6. The molecule has 0 heterocycles. The van der Waals surface area contributed by atoms with Crippen LogP contribution in [0.5, 0.6) is 0 Å². The number of carbonyl (C=O) groups excluding carboxylic acids is 2. The highest BCUT2D eigenvalue weighted by atomic mass is 35.5. The lowest BCUT2D eigenvalue weighted by Crippen LogP contribution is -2.51. The van der Waals surface area contributed by atoms with Gasteiger partial charge >= 0.3 is 0 Å². The molecule has 0 aliphatic rings. The Morgan fingerprint density at radius 1 is 1.16 bits per heavy atom. The normalized spacial score (nSPS) is 12.2. The van der Waals surface area contributed by atoms with Crippen LogP contribution in [-0.2, 0) is 26.2 Å². The molecule has 2 aromatic carbocycles. The van der Waals surface area contributed by atoms with Gasteiger partial charge in [0.1, 0.15) is 18.4 Å². The van der Waals surface area contributed by atoms with Gasteiger partial charge in [0.25, 0.3) is 0 Å². The van der Waals surface area contributed by atoms with Crippen molar-refractivity contribution in [3.63, 3.8) is 0 Å². The van der Waals surface area contributed by atoms with Gasteiger partial charge in [-0.05, 0) is 37.1 Å². The molecule has 174 valence electrons. The molecule has 0 spiro atoms. The van der Waals surface area contributed by atoms with Gasteiger partial charge in [-0.3, -0.25) is 13.9 Å². The third kappa shape index (κ3) is 6.93. The Morgan fingerprint density at radius 2 is 1.81 bits per heavy atom. The molecule has 2 rings (SSSR count). The first-order chi connectivity index (χ1) is 15.0. The number of anilines is 1. The lowest BCUT2D eigenvalue weighted by molar-refractivity contribution is -0.139. The second kappa shape index (κ2) is 11.3. The smallest absolute Gasteiger partial charge is 0.244 e. The number of hydrogen-bond donors (Lipinski definition) is 1. The zero-order chi connectivity index (χ0) is 23.9. The van der Waals surface area contributed by atoms with Crippen molar-refractivity contribution in [3.8, 4) is 0 Å². The Labute approximate surface area is 193 Å². The molecule has 0 bridgehead atoms. The van der Waals surface area contributed by atoms with Crippen LogP contribution in [0.3, 0.4) is 0 Å². The molecule has 0 aromatic heterocycles. The number of nitrogens with zero attached hydrogens (tertiary/aromatic N) is 2. The molecular formula is C22H27ClFN3O4S. The number of rotatable bonds is 10. The van der Waals surface area contributed by atoms with Gasteiger partial charge in [0.05, 0.1) is 17.0 Å². The molecule has 2 aromatic rings. The van der Waals surface area contributed by atoms with Gasteiger partial charge in [0, 0.05) is 13.1 Å². The molecule has 0 radical (unpaired) electrons. The SMILES string of the molecule is CCCNC(=O)[C@@H](C)N(Cc1ccccc1)C(=O)CN(c1ccc(F)c(Cl)c1)S(C)(=O)=O. The summed E-state index contributed by atoms with van der Waals surface area (Å²) in [4.78, 5) is 27.2. The lowest BCUT2D eigenvalue weighted by atomic mass is 10.1. The number of hydrogen-bond acceptors (Lipinski definition) is 4. The van der Waals surface area contributed by atoms with Crippen molar-refractivity contribution in [3.05, 3.63) is 64.9 Å². The minimum absolute atomic E-state index is 0.0509. The fraction of sp³-hybridized carbons (Fsp3) is 0.364. The fourth-order valence-electron chi connectivity index (χ4n) is 3.01. The largest absolute Gasteiger partial charge is 0.354 e. The first-order valence-electron chi connectivity index (χ1n) is 10.1. The average Bonchev–Trinajstić information content (AvgIpc) is 2.75. The number of amides is 2. The van der Waals surface area contributed by atoms with E-state index in [2.05, 4.69) is 5.32 Å². The van der Waals surface area contributed by atoms with Gasteiger partial charge in [-0.1, -0.05) is 48.9 Å². The Morgan fingerprint density at radius 3 is 2.38 bits per heavy atom. The average molecular weight is 484 g/mol. The molecule has 2 amide bonds. The number of sulfonamides is 1. The highest BCUT2D eigenvalue weighted by Crippen LogP contribution is 2.25. The summed E-state index contributed by atoms with van der Waals surface area (Å²) < 4.78 is 39.3. The van der Waals surface area contributed by atoms with Crippen molar-refractivity contribution in [1.29, 1.82) is 0 Å². The summed E-state index contributed by atoms with van der Waals surface area (Å²) in [5.41, 5.74) is 0.835. The van der Waals surface area contributed by atoms with Gasteiger partial charge in [0.15, 0.2) is 0 Å². The summed E-state index contributed by atoms with van der Waals surface area (Å²) in [6.07, 6.45) is 1.68.